The summed E-state index contributed by atoms with van der Waals surface area (Å²) >= 11 is 0. The summed E-state index contributed by atoms with van der Waals surface area (Å²) in [6.45, 7) is 13.0. The fourth-order valence-corrected chi connectivity index (χ4v) is 1.76. The third-order valence-corrected chi connectivity index (χ3v) is 2.48. The molecule has 0 radical (unpaired) electrons. The lowest BCUT2D eigenvalue weighted by Crippen LogP contribution is -2.45. The molecule has 98 valence electrons. The highest BCUT2D eigenvalue weighted by Gasteiger charge is 2.20. The summed E-state index contributed by atoms with van der Waals surface area (Å²) in [5.41, 5.74) is 0. The van der Waals surface area contributed by atoms with Gasteiger partial charge < -0.3 is 14.8 Å². The number of hydrogen-bond acceptors (Lipinski definition) is 3. The van der Waals surface area contributed by atoms with Gasteiger partial charge in [0.25, 0.3) is 0 Å². The Bertz CT molecular complexity index is 145. The predicted octanol–water partition coefficient (Wildman–Crippen LogP) is 2.59. The van der Waals surface area contributed by atoms with Crippen molar-refractivity contribution < 1.29 is 9.47 Å². The molecule has 2 atom stereocenters. The molecule has 0 spiro atoms. The average Bonchev–Trinajstić information content (AvgIpc) is 2.24. The Hall–Kier alpha value is -0.120. The fourth-order valence-electron chi connectivity index (χ4n) is 1.76. The van der Waals surface area contributed by atoms with E-state index in [-0.39, 0.29) is 12.2 Å². The highest BCUT2D eigenvalue weighted by molar-refractivity contribution is 4.76. The quantitative estimate of drug-likeness (QED) is 0.627. The van der Waals surface area contributed by atoms with Crippen molar-refractivity contribution >= 4 is 0 Å². The van der Waals surface area contributed by atoms with Gasteiger partial charge in [0.05, 0.1) is 24.9 Å². The van der Waals surface area contributed by atoms with Crippen LogP contribution >= 0.6 is 0 Å². The van der Waals surface area contributed by atoms with E-state index in [0.29, 0.717) is 6.04 Å². The van der Waals surface area contributed by atoms with E-state index in [1.54, 1.807) is 0 Å². The largest absolute Gasteiger partial charge is 0.377 e. The molecule has 0 aliphatic carbocycles. The second kappa shape index (κ2) is 10.1. The first-order chi connectivity index (χ1) is 7.65. The zero-order valence-corrected chi connectivity index (χ0v) is 11.6. The van der Waals surface area contributed by atoms with Gasteiger partial charge in [-0.05, 0) is 33.7 Å². The Balaban J connectivity index is 4.19. The van der Waals surface area contributed by atoms with Crippen molar-refractivity contribution in [3.63, 3.8) is 0 Å². The van der Waals surface area contributed by atoms with Gasteiger partial charge in [0.2, 0.25) is 0 Å². The summed E-state index contributed by atoms with van der Waals surface area (Å²) in [6.07, 6.45) is 2.79. The summed E-state index contributed by atoms with van der Waals surface area (Å²) in [4.78, 5) is 0. The topological polar surface area (TPSA) is 30.5 Å². The minimum absolute atomic E-state index is 0.272. The van der Waals surface area contributed by atoms with Crippen LogP contribution in [0.5, 0.6) is 0 Å². The van der Waals surface area contributed by atoms with Gasteiger partial charge in [-0.2, -0.15) is 0 Å². The van der Waals surface area contributed by atoms with Crippen molar-refractivity contribution in [1.29, 1.82) is 0 Å². The van der Waals surface area contributed by atoms with Crippen molar-refractivity contribution in [3.05, 3.63) is 0 Å². The van der Waals surface area contributed by atoms with E-state index >= 15 is 0 Å². The van der Waals surface area contributed by atoms with Crippen LogP contribution in [0.3, 0.4) is 0 Å². The maximum atomic E-state index is 5.79. The molecule has 0 saturated heterocycles. The monoisotopic (exact) mass is 231 g/mol. The van der Waals surface area contributed by atoms with Crippen LogP contribution in [0.15, 0.2) is 0 Å². The van der Waals surface area contributed by atoms with E-state index in [0.717, 1.165) is 32.6 Å². The molecule has 3 heteroatoms. The third kappa shape index (κ3) is 7.20. The molecule has 0 aliphatic rings. The first-order valence-electron chi connectivity index (χ1n) is 6.62. The van der Waals surface area contributed by atoms with Crippen molar-refractivity contribution in [1.82, 2.24) is 5.32 Å². The van der Waals surface area contributed by atoms with Gasteiger partial charge in [0.1, 0.15) is 0 Å². The maximum absolute atomic E-state index is 5.79. The molecule has 0 fully saturated rings. The van der Waals surface area contributed by atoms with E-state index in [4.69, 9.17) is 9.47 Å². The zero-order chi connectivity index (χ0) is 12.4. The van der Waals surface area contributed by atoms with E-state index in [2.05, 4.69) is 39.9 Å². The molecule has 0 aromatic heterocycles. The van der Waals surface area contributed by atoms with Crippen LogP contribution in [0.1, 0.15) is 47.5 Å². The van der Waals surface area contributed by atoms with Crippen LogP contribution < -0.4 is 5.32 Å². The Morgan fingerprint density at radius 3 is 2.19 bits per heavy atom. The molecular weight excluding hydrogens is 202 g/mol. The summed E-state index contributed by atoms with van der Waals surface area (Å²) in [5, 5.41) is 3.46. The van der Waals surface area contributed by atoms with Crippen LogP contribution in [0, 0.1) is 0 Å². The first kappa shape index (κ1) is 15.9. The second-order valence-electron chi connectivity index (χ2n) is 4.33. The summed E-state index contributed by atoms with van der Waals surface area (Å²) < 4.78 is 11.5. The maximum Gasteiger partial charge on any atom is 0.0750 e. The van der Waals surface area contributed by atoms with Gasteiger partial charge in [-0.25, -0.2) is 0 Å². The third-order valence-electron chi connectivity index (χ3n) is 2.48. The zero-order valence-electron chi connectivity index (χ0n) is 11.6. The molecule has 3 nitrogen and oxygen atoms in total. The number of likely N-dealkylation sites (N-methyl/N-ethyl adjacent to an activating group) is 1. The standard InChI is InChI=1S/C13H29NO2/c1-6-9-13(15-8-3)12(14-7-2)10-16-11(4)5/h11-14H,6-10H2,1-5H3. The molecule has 0 saturated carbocycles. The van der Waals surface area contributed by atoms with E-state index < -0.39 is 0 Å². The summed E-state index contributed by atoms with van der Waals surface area (Å²) in [7, 11) is 0. The van der Waals surface area contributed by atoms with E-state index in [1.165, 1.54) is 0 Å². The van der Waals surface area contributed by atoms with Crippen molar-refractivity contribution in [2.24, 2.45) is 0 Å². The second-order valence-corrected chi connectivity index (χ2v) is 4.33. The Kier molecular flexibility index (Phi) is 9.99. The van der Waals surface area contributed by atoms with E-state index in [1.807, 2.05) is 0 Å². The van der Waals surface area contributed by atoms with Gasteiger partial charge in [0, 0.05) is 6.61 Å². The van der Waals surface area contributed by atoms with Crippen LogP contribution in [-0.4, -0.2) is 38.0 Å². The Morgan fingerprint density at radius 1 is 1.06 bits per heavy atom. The number of hydrogen-bond donors (Lipinski definition) is 1. The van der Waals surface area contributed by atoms with Crippen LogP contribution in [0.25, 0.3) is 0 Å². The molecule has 0 aromatic carbocycles. The number of nitrogens with one attached hydrogen (secondary N) is 1. The summed E-state index contributed by atoms with van der Waals surface area (Å²) in [6, 6.07) is 0.312. The van der Waals surface area contributed by atoms with Gasteiger partial charge >= 0.3 is 0 Å². The lowest BCUT2D eigenvalue weighted by molar-refractivity contribution is -0.0169. The van der Waals surface area contributed by atoms with Crippen LogP contribution in [0.2, 0.25) is 0 Å². The molecule has 2 unspecified atom stereocenters. The summed E-state index contributed by atoms with van der Waals surface area (Å²) in [5.74, 6) is 0. The van der Waals surface area contributed by atoms with Gasteiger partial charge in [-0.3, -0.25) is 0 Å². The smallest absolute Gasteiger partial charge is 0.0750 e. The van der Waals surface area contributed by atoms with Crippen LogP contribution in [0.4, 0.5) is 0 Å². The molecular formula is C13H29NO2. The van der Waals surface area contributed by atoms with Crippen molar-refractivity contribution in [2.45, 2.75) is 65.7 Å². The normalized spacial score (nSPS) is 15.4. The number of ether oxygens (including phenoxy) is 2. The number of rotatable bonds is 10. The minimum Gasteiger partial charge on any atom is -0.377 e. The highest BCUT2D eigenvalue weighted by atomic mass is 16.5. The van der Waals surface area contributed by atoms with E-state index in [9.17, 15) is 0 Å². The molecule has 1 N–H and O–H groups in total. The lowest BCUT2D eigenvalue weighted by Gasteiger charge is -2.28. The highest BCUT2D eigenvalue weighted by Crippen LogP contribution is 2.09. The molecule has 0 aliphatic heterocycles. The molecule has 0 amide bonds. The lowest BCUT2D eigenvalue weighted by atomic mass is 10.1. The van der Waals surface area contributed by atoms with Crippen LogP contribution in [-0.2, 0) is 9.47 Å². The first-order valence-corrected chi connectivity index (χ1v) is 6.62. The molecule has 0 heterocycles. The van der Waals surface area contributed by atoms with Crippen molar-refractivity contribution in [2.75, 3.05) is 19.8 Å². The molecule has 0 rings (SSSR count). The fraction of sp³-hybridized carbons (Fsp3) is 1.00. The van der Waals surface area contributed by atoms with Gasteiger partial charge in [0.15, 0.2) is 0 Å². The average molecular weight is 231 g/mol. The Labute approximate surface area is 101 Å². The minimum atomic E-state index is 0.272. The van der Waals surface area contributed by atoms with Gasteiger partial charge in [-0.1, -0.05) is 20.3 Å². The molecule has 0 aromatic rings. The van der Waals surface area contributed by atoms with Crippen molar-refractivity contribution in [3.8, 4) is 0 Å². The Morgan fingerprint density at radius 2 is 1.75 bits per heavy atom. The van der Waals surface area contributed by atoms with Gasteiger partial charge in [-0.15, -0.1) is 0 Å². The predicted molar refractivity (Wildman–Crippen MR) is 68.9 cm³/mol. The molecule has 0 bridgehead atoms. The SMILES string of the molecule is CCCC(OCC)C(COC(C)C)NCC. The molecule has 16 heavy (non-hydrogen) atoms.